The van der Waals surface area contributed by atoms with Crippen LogP contribution < -0.4 is 15.4 Å². The lowest BCUT2D eigenvalue weighted by atomic mass is 10.2. The topological polar surface area (TPSA) is 92.9 Å². The number of aromatic hydroxyl groups is 1. The second kappa shape index (κ2) is 3.97. The van der Waals surface area contributed by atoms with Crippen LogP contribution in [0, 0.1) is 0 Å². The first-order valence-corrected chi connectivity index (χ1v) is 5.08. The second-order valence-corrected chi connectivity index (χ2v) is 3.80. The van der Waals surface area contributed by atoms with Crippen molar-refractivity contribution in [1.82, 2.24) is 0 Å². The monoisotopic (exact) mass is 236 g/mol. The van der Waals surface area contributed by atoms with E-state index in [4.69, 9.17) is 10.5 Å². The Kier molecular flexibility index (Phi) is 2.63. The van der Waals surface area contributed by atoms with Crippen molar-refractivity contribution in [2.45, 2.75) is 13.0 Å². The summed E-state index contributed by atoms with van der Waals surface area (Å²) in [5.74, 6) is -0.552. The summed E-state index contributed by atoms with van der Waals surface area (Å²) in [5, 5.41) is 9.38. The van der Waals surface area contributed by atoms with Gasteiger partial charge in [0.2, 0.25) is 5.91 Å². The molecule has 3 N–H and O–H groups in total. The van der Waals surface area contributed by atoms with Gasteiger partial charge in [0.05, 0.1) is 5.69 Å². The smallest absolute Gasteiger partial charge is 0.268 e. The number of hydrogen-bond acceptors (Lipinski definition) is 4. The van der Waals surface area contributed by atoms with E-state index in [-0.39, 0.29) is 18.2 Å². The SMILES string of the molecule is CC1Oc2ccc(O)cc2N(CC(N)=O)C1=O. The lowest BCUT2D eigenvalue weighted by molar-refractivity contribution is -0.127. The summed E-state index contributed by atoms with van der Waals surface area (Å²) in [7, 11) is 0. The fourth-order valence-electron chi connectivity index (χ4n) is 1.71. The van der Waals surface area contributed by atoms with E-state index in [1.54, 1.807) is 13.0 Å². The fraction of sp³-hybridized carbons (Fsp3) is 0.273. The number of nitrogens with two attached hydrogens (primary N) is 1. The first-order chi connectivity index (χ1) is 7.99. The number of hydrogen-bond donors (Lipinski definition) is 2. The summed E-state index contributed by atoms with van der Waals surface area (Å²) in [5.41, 5.74) is 5.44. The second-order valence-electron chi connectivity index (χ2n) is 3.80. The quantitative estimate of drug-likeness (QED) is 0.755. The van der Waals surface area contributed by atoms with Gasteiger partial charge in [-0.1, -0.05) is 0 Å². The summed E-state index contributed by atoms with van der Waals surface area (Å²) >= 11 is 0. The van der Waals surface area contributed by atoms with Crippen molar-refractivity contribution in [3.8, 4) is 11.5 Å². The van der Waals surface area contributed by atoms with Crippen LogP contribution in [0.2, 0.25) is 0 Å². The number of carbonyl (C=O) groups is 2. The Hall–Kier alpha value is -2.24. The van der Waals surface area contributed by atoms with E-state index in [1.807, 2.05) is 0 Å². The standard InChI is InChI=1S/C11H12N2O4/c1-6-11(16)13(5-10(12)15)8-4-7(14)2-3-9(8)17-6/h2-4,6,14H,5H2,1H3,(H2,12,15). The molecule has 0 aliphatic carbocycles. The van der Waals surface area contributed by atoms with E-state index < -0.39 is 12.0 Å². The zero-order valence-corrected chi connectivity index (χ0v) is 9.21. The third kappa shape index (κ3) is 2.01. The largest absolute Gasteiger partial charge is 0.508 e. The predicted molar refractivity (Wildman–Crippen MR) is 59.7 cm³/mol. The molecule has 2 rings (SSSR count). The molecular formula is C11H12N2O4. The zero-order valence-electron chi connectivity index (χ0n) is 9.21. The summed E-state index contributed by atoms with van der Waals surface area (Å²) in [6.45, 7) is 1.36. The van der Waals surface area contributed by atoms with Crippen LogP contribution in [-0.2, 0) is 9.59 Å². The van der Waals surface area contributed by atoms with Crippen molar-refractivity contribution in [1.29, 1.82) is 0 Å². The average molecular weight is 236 g/mol. The van der Waals surface area contributed by atoms with Crippen molar-refractivity contribution < 1.29 is 19.4 Å². The van der Waals surface area contributed by atoms with Gasteiger partial charge in [-0.3, -0.25) is 14.5 Å². The highest BCUT2D eigenvalue weighted by Gasteiger charge is 2.32. The highest BCUT2D eigenvalue weighted by Crippen LogP contribution is 2.36. The molecule has 17 heavy (non-hydrogen) atoms. The predicted octanol–water partition coefficient (Wildman–Crippen LogP) is -0.00860. The third-order valence-electron chi connectivity index (χ3n) is 2.46. The molecule has 0 saturated carbocycles. The summed E-state index contributed by atoms with van der Waals surface area (Å²) in [6, 6.07) is 4.35. The number of amides is 2. The molecule has 1 aromatic carbocycles. The lowest BCUT2D eigenvalue weighted by Gasteiger charge is -2.32. The van der Waals surface area contributed by atoms with E-state index in [1.165, 1.54) is 17.0 Å². The lowest BCUT2D eigenvalue weighted by Crippen LogP contribution is -2.47. The van der Waals surface area contributed by atoms with Gasteiger partial charge in [0.15, 0.2) is 6.10 Å². The van der Waals surface area contributed by atoms with Crippen molar-refractivity contribution in [3.63, 3.8) is 0 Å². The van der Waals surface area contributed by atoms with Crippen molar-refractivity contribution in [3.05, 3.63) is 18.2 Å². The minimum Gasteiger partial charge on any atom is -0.508 e. The number of anilines is 1. The molecular weight excluding hydrogens is 224 g/mol. The number of primary amides is 1. The Labute approximate surface area is 97.6 Å². The number of ether oxygens (including phenoxy) is 1. The van der Waals surface area contributed by atoms with E-state index >= 15 is 0 Å². The van der Waals surface area contributed by atoms with E-state index in [0.29, 0.717) is 11.4 Å². The van der Waals surface area contributed by atoms with Crippen LogP contribution in [0.3, 0.4) is 0 Å². The van der Waals surface area contributed by atoms with E-state index in [9.17, 15) is 14.7 Å². The van der Waals surface area contributed by atoms with Crippen molar-refractivity contribution in [2.24, 2.45) is 5.73 Å². The first-order valence-electron chi connectivity index (χ1n) is 5.08. The molecule has 1 heterocycles. The first kappa shape index (κ1) is 11.3. The van der Waals surface area contributed by atoms with Crippen LogP contribution in [0.1, 0.15) is 6.92 Å². The van der Waals surface area contributed by atoms with Crippen LogP contribution in [0.5, 0.6) is 11.5 Å². The van der Waals surface area contributed by atoms with Gasteiger partial charge in [-0.15, -0.1) is 0 Å². The normalized spacial score (nSPS) is 18.5. The number of nitrogens with zero attached hydrogens (tertiary/aromatic N) is 1. The molecule has 1 aromatic rings. The molecule has 1 unspecified atom stereocenters. The summed E-state index contributed by atoms with van der Waals surface area (Å²) < 4.78 is 5.36. The maximum atomic E-state index is 11.8. The average Bonchev–Trinajstić information content (AvgIpc) is 2.25. The minimum atomic E-state index is -0.675. The molecule has 6 nitrogen and oxygen atoms in total. The molecule has 0 bridgehead atoms. The number of benzene rings is 1. The van der Waals surface area contributed by atoms with Gasteiger partial charge >= 0.3 is 0 Å². The zero-order chi connectivity index (χ0) is 12.6. The summed E-state index contributed by atoms with van der Waals surface area (Å²) in [4.78, 5) is 24.0. The Balaban J connectivity index is 2.46. The Bertz CT molecular complexity index is 486. The maximum absolute atomic E-state index is 11.8. The van der Waals surface area contributed by atoms with Gasteiger partial charge in [0, 0.05) is 6.07 Å². The van der Waals surface area contributed by atoms with Crippen LogP contribution >= 0.6 is 0 Å². The van der Waals surface area contributed by atoms with Gasteiger partial charge in [0.25, 0.3) is 5.91 Å². The highest BCUT2D eigenvalue weighted by atomic mass is 16.5. The number of fused-ring (bicyclic) bond motifs is 1. The maximum Gasteiger partial charge on any atom is 0.268 e. The minimum absolute atomic E-state index is 0.0100. The van der Waals surface area contributed by atoms with Gasteiger partial charge in [-0.2, -0.15) is 0 Å². The molecule has 2 amide bonds. The van der Waals surface area contributed by atoms with Gasteiger partial charge < -0.3 is 15.6 Å². The Morgan fingerprint density at radius 1 is 1.59 bits per heavy atom. The summed E-state index contributed by atoms with van der Waals surface area (Å²) in [6.07, 6.45) is -0.675. The van der Waals surface area contributed by atoms with Gasteiger partial charge in [-0.25, -0.2) is 0 Å². The van der Waals surface area contributed by atoms with E-state index in [2.05, 4.69) is 0 Å². The van der Waals surface area contributed by atoms with Crippen LogP contribution in [-0.4, -0.2) is 29.6 Å². The van der Waals surface area contributed by atoms with Gasteiger partial charge in [-0.05, 0) is 19.1 Å². The van der Waals surface area contributed by atoms with Crippen molar-refractivity contribution >= 4 is 17.5 Å². The highest BCUT2D eigenvalue weighted by molar-refractivity contribution is 6.03. The molecule has 90 valence electrons. The number of phenolic OH excluding ortho intramolecular Hbond substituents is 1. The molecule has 0 spiro atoms. The molecule has 6 heteroatoms. The molecule has 1 aliphatic rings. The third-order valence-corrected chi connectivity index (χ3v) is 2.46. The fourth-order valence-corrected chi connectivity index (χ4v) is 1.71. The Morgan fingerprint density at radius 3 is 2.94 bits per heavy atom. The van der Waals surface area contributed by atoms with Crippen LogP contribution in [0.15, 0.2) is 18.2 Å². The van der Waals surface area contributed by atoms with Crippen LogP contribution in [0.4, 0.5) is 5.69 Å². The molecule has 0 saturated heterocycles. The Morgan fingerprint density at radius 2 is 2.29 bits per heavy atom. The van der Waals surface area contributed by atoms with Crippen LogP contribution in [0.25, 0.3) is 0 Å². The van der Waals surface area contributed by atoms with Gasteiger partial charge in [0.1, 0.15) is 18.0 Å². The molecule has 1 atom stereocenters. The molecule has 0 fully saturated rings. The molecule has 1 aliphatic heterocycles. The molecule has 0 aromatic heterocycles. The van der Waals surface area contributed by atoms with Crippen molar-refractivity contribution in [2.75, 3.05) is 11.4 Å². The number of phenols is 1. The number of carbonyl (C=O) groups excluding carboxylic acids is 2. The van der Waals surface area contributed by atoms with E-state index in [0.717, 1.165) is 0 Å². The number of rotatable bonds is 2. The molecule has 0 radical (unpaired) electrons.